The molecule has 8 heteroatoms. The molecule has 1 unspecified atom stereocenters. The fourth-order valence-corrected chi connectivity index (χ4v) is 6.44. The molecule has 0 radical (unpaired) electrons. The molecular weight excluding hydrogens is 508 g/mol. The van der Waals surface area contributed by atoms with Crippen molar-refractivity contribution in [3.8, 4) is 46.9 Å². The van der Waals surface area contributed by atoms with Crippen molar-refractivity contribution in [1.29, 1.82) is 0 Å². The fourth-order valence-electron chi connectivity index (χ4n) is 6.44. The molecule has 2 aromatic carbocycles. The van der Waals surface area contributed by atoms with Gasteiger partial charge in [0, 0.05) is 35.1 Å². The lowest BCUT2D eigenvalue weighted by molar-refractivity contribution is -0.113. The number of hydrogen-bond acceptors (Lipinski definition) is 8. The summed E-state index contributed by atoms with van der Waals surface area (Å²) in [5.41, 5.74) is -0.647. The molecule has 0 amide bonds. The maximum absolute atomic E-state index is 13.2. The second kappa shape index (κ2) is 9.61. The number of methoxy groups -OCH3 is 3. The zero-order chi connectivity index (χ0) is 28.1. The number of hydrogen-bond donors (Lipinski definition) is 1. The molecule has 0 saturated heterocycles. The van der Waals surface area contributed by atoms with Crippen LogP contribution in [0.5, 0.6) is 23.1 Å². The highest BCUT2D eigenvalue weighted by Gasteiger charge is 2.74. The minimum absolute atomic E-state index is 0.0110. The molecule has 8 nitrogen and oxygen atoms in total. The van der Waals surface area contributed by atoms with Crippen molar-refractivity contribution in [1.82, 2.24) is 9.97 Å². The molecule has 1 aromatic heterocycles. The zero-order valence-corrected chi connectivity index (χ0v) is 22.8. The maximum atomic E-state index is 13.2. The van der Waals surface area contributed by atoms with Crippen molar-refractivity contribution in [2.45, 2.75) is 30.5 Å². The largest absolute Gasteiger partial charge is 0.497 e. The van der Waals surface area contributed by atoms with Gasteiger partial charge in [0.25, 0.3) is 0 Å². The number of benzene rings is 2. The lowest BCUT2D eigenvalue weighted by atomic mass is 9.67. The molecule has 0 fully saturated rings. The second-order valence-corrected chi connectivity index (χ2v) is 10.0. The number of nitrogens with zero attached hydrogens (tertiary/aromatic N) is 2. The molecule has 6 rings (SSSR count). The van der Waals surface area contributed by atoms with Crippen LogP contribution in [0, 0.1) is 18.3 Å². The summed E-state index contributed by atoms with van der Waals surface area (Å²) >= 11 is 0. The number of aliphatic hydroxyl groups is 1. The van der Waals surface area contributed by atoms with E-state index in [9.17, 15) is 5.11 Å². The first-order valence-corrected chi connectivity index (χ1v) is 13.1. The molecule has 3 aromatic rings. The summed E-state index contributed by atoms with van der Waals surface area (Å²) < 4.78 is 29.8. The summed E-state index contributed by atoms with van der Waals surface area (Å²) in [5, 5.41) is 13.2. The summed E-state index contributed by atoms with van der Waals surface area (Å²) in [4.78, 5) is 9.81. The van der Waals surface area contributed by atoms with Crippen molar-refractivity contribution in [3.63, 3.8) is 0 Å². The Morgan fingerprint density at radius 1 is 1.10 bits per heavy atom. The number of allylic oxidation sites excluding steroid dienone is 2. The first-order chi connectivity index (χ1) is 19.4. The molecule has 3 aliphatic rings. The van der Waals surface area contributed by atoms with Crippen LogP contribution in [0.4, 0.5) is 0 Å². The minimum Gasteiger partial charge on any atom is -0.497 e. The van der Waals surface area contributed by atoms with E-state index in [1.807, 2.05) is 55.5 Å². The van der Waals surface area contributed by atoms with Crippen molar-refractivity contribution >= 4 is 0 Å². The molecule has 40 heavy (non-hydrogen) atoms. The fraction of sp³-hybridized carbons (Fsp3) is 0.312. The lowest BCUT2D eigenvalue weighted by Crippen LogP contribution is -2.56. The molecule has 4 atom stereocenters. The minimum atomic E-state index is -1.73. The van der Waals surface area contributed by atoms with Crippen molar-refractivity contribution in [2.75, 3.05) is 27.9 Å². The van der Waals surface area contributed by atoms with E-state index in [4.69, 9.17) is 40.1 Å². The van der Waals surface area contributed by atoms with E-state index < -0.39 is 17.1 Å². The van der Waals surface area contributed by atoms with Crippen LogP contribution in [0.3, 0.4) is 0 Å². The summed E-state index contributed by atoms with van der Waals surface area (Å²) in [6.07, 6.45) is 12.1. The van der Waals surface area contributed by atoms with Crippen LogP contribution in [0.1, 0.15) is 36.1 Å². The Morgan fingerprint density at radius 3 is 2.55 bits per heavy atom. The van der Waals surface area contributed by atoms with E-state index >= 15 is 0 Å². The van der Waals surface area contributed by atoms with Crippen LogP contribution >= 0.6 is 0 Å². The zero-order valence-electron chi connectivity index (χ0n) is 22.8. The van der Waals surface area contributed by atoms with Gasteiger partial charge in [-0.2, -0.15) is 4.98 Å². The van der Waals surface area contributed by atoms with Gasteiger partial charge < -0.3 is 28.8 Å². The van der Waals surface area contributed by atoms with E-state index in [2.05, 4.69) is 5.92 Å². The number of aromatic nitrogens is 2. The van der Waals surface area contributed by atoms with Crippen LogP contribution in [-0.4, -0.2) is 48.6 Å². The molecule has 2 aliphatic carbocycles. The van der Waals surface area contributed by atoms with E-state index in [-0.39, 0.29) is 12.5 Å². The quantitative estimate of drug-likeness (QED) is 0.431. The van der Waals surface area contributed by atoms with Gasteiger partial charge in [-0.15, -0.1) is 6.42 Å². The molecule has 2 heterocycles. The number of rotatable bonds is 7. The average Bonchev–Trinajstić information content (AvgIpc) is 3.38. The van der Waals surface area contributed by atoms with E-state index in [0.29, 0.717) is 52.2 Å². The number of ether oxygens (including phenoxy) is 5. The van der Waals surface area contributed by atoms with Crippen LogP contribution < -0.4 is 18.9 Å². The topological polar surface area (TPSA) is 92.2 Å². The van der Waals surface area contributed by atoms with Crippen molar-refractivity contribution < 1.29 is 28.8 Å². The standard InChI is InChI=1S/C32H30N2O6/c1-6-16-39-30-26-19(2)32(21-12-14-22(36-3)15-13-21)31(35,27-24(38-5)17-23(37-4)18-25(27)40-32)28(26)33-29(34-30)20-10-8-7-9-11-20/h1,7-12,14-15,17-19,21,35H,13,16H2,2-5H3/t19-,21?,31+,32-/m1/s1. The molecule has 1 aliphatic heterocycles. The van der Waals surface area contributed by atoms with E-state index in [0.717, 1.165) is 11.3 Å². The third-order valence-corrected chi connectivity index (χ3v) is 8.21. The van der Waals surface area contributed by atoms with Crippen LogP contribution in [-0.2, 0) is 10.3 Å². The highest BCUT2D eigenvalue weighted by Crippen LogP contribution is 2.68. The van der Waals surface area contributed by atoms with Gasteiger partial charge in [-0.3, -0.25) is 0 Å². The van der Waals surface area contributed by atoms with Crippen LogP contribution in [0.2, 0.25) is 0 Å². The normalized spacial score (nSPS) is 25.6. The summed E-state index contributed by atoms with van der Waals surface area (Å²) in [6, 6.07) is 13.1. The summed E-state index contributed by atoms with van der Waals surface area (Å²) in [6.45, 7) is 2.02. The van der Waals surface area contributed by atoms with Gasteiger partial charge >= 0.3 is 0 Å². The Hall–Kier alpha value is -4.48. The SMILES string of the molecule is C#CCOc1nc(-c2ccccc2)nc2c1[C@@H](C)[C@]1(C3C=CC(OC)=CC3)Oc3cc(OC)cc(OC)c3[C@]21O. The predicted molar refractivity (Wildman–Crippen MR) is 148 cm³/mol. The second-order valence-electron chi connectivity index (χ2n) is 10.0. The first-order valence-electron chi connectivity index (χ1n) is 13.1. The third-order valence-electron chi connectivity index (χ3n) is 8.21. The Morgan fingerprint density at radius 2 is 1.90 bits per heavy atom. The predicted octanol–water partition coefficient (Wildman–Crippen LogP) is 4.76. The Kier molecular flexibility index (Phi) is 6.20. The Bertz CT molecular complexity index is 1580. The van der Waals surface area contributed by atoms with E-state index in [1.54, 1.807) is 33.5 Å². The molecule has 204 valence electrons. The van der Waals surface area contributed by atoms with Crippen molar-refractivity contribution in [3.05, 3.63) is 83.3 Å². The van der Waals surface area contributed by atoms with Gasteiger partial charge in [0.15, 0.2) is 23.6 Å². The summed E-state index contributed by atoms with van der Waals surface area (Å²) in [5.74, 6) is 4.76. The van der Waals surface area contributed by atoms with Crippen LogP contribution in [0.15, 0.2) is 66.5 Å². The van der Waals surface area contributed by atoms with Gasteiger partial charge in [-0.05, 0) is 18.6 Å². The van der Waals surface area contributed by atoms with Crippen molar-refractivity contribution in [2.24, 2.45) is 5.92 Å². The third kappa shape index (κ3) is 3.44. The Balaban J connectivity index is 1.67. The summed E-state index contributed by atoms with van der Waals surface area (Å²) in [7, 11) is 4.77. The monoisotopic (exact) mass is 538 g/mol. The lowest BCUT2D eigenvalue weighted by Gasteiger charge is -2.43. The highest BCUT2D eigenvalue weighted by molar-refractivity contribution is 5.69. The molecule has 0 saturated carbocycles. The number of terminal acetylenes is 1. The van der Waals surface area contributed by atoms with Gasteiger partial charge in [-0.25, -0.2) is 4.98 Å². The molecule has 1 N–H and O–H groups in total. The van der Waals surface area contributed by atoms with E-state index in [1.165, 1.54) is 0 Å². The van der Waals surface area contributed by atoms with Gasteiger partial charge in [0.05, 0.1) is 32.6 Å². The molecular formula is C32H30N2O6. The smallest absolute Gasteiger partial charge is 0.222 e. The van der Waals surface area contributed by atoms with Gasteiger partial charge in [-0.1, -0.05) is 49.3 Å². The van der Waals surface area contributed by atoms with Crippen LogP contribution in [0.25, 0.3) is 11.4 Å². The average molecular weight is 539 g/mol. The number of fused-ring (bicyclic) bond motifs is 5. The Labute approximate surface area is 233 Å². The maximum Gasteiger partial charge on any atom is 0.222 e. The molecule has 0 spiro atoms. The van der Waals surface area contributed by atoms with Gasteiger partial charge in [0.1, 0.15) is 23.0 Å². The molecule has 0 bridgehead atoms. The van der Waals surface area contributed by atoms with Gasteiger partial charge in [0.2, 0.25) is 5.88 Å². The highest BCUT2D eigenvalue weighted by atomic mass is 16.5. The first kappa shape index (κ1) is 25.8.